The van der Waals surface area contributed by atoms with Crippen LogP contribution in [0.4, 0.5) is 0 Å². The van der Waals surface area contributed by atoms with Crippen LogP contribution >= 0.6 is 0 Å². The molecule has 0 aromatic rings. The number of unbranched alkanes of at least 4 members (excludes halogenated alkanes) is 51. The Kier molecular flexibility index (Phi) is 60.7. The fourth-order valence-electron chi connectivity index (χ4n) is 13.4. The van der Waals surface area contributed by atoms with E-state index in [0.717, 1.165) is 44.9 Å². The van der Waals surface area contributed by atoms with E-state index in [2.05, 4.69) is 43.5 Å². The van der Waals surface area contributed by atoms with E-state index in [1.165, 1.54) is 295 Å². The molecule has 2 heterocycles. The van der Waals surface area contributed by atoms with Gasteiger partial charge in [0.05, 0.1) is 32.0 Å². The first kappa shape index (κ1) is 88.3. The molecule has 14 nitrogen and oxygen atoms in total. The maximum Gasteiger partial charge on any atom is 0.220 e. The second-order valence-electron chi connectivity index (χ2n) is 28.5. The summed E-state index contributed by atoms with van der Waals surface area (Å²) in [5.41, 5.74) is 0. The summed E-state index contributed by atoms with van der Waals surface area (Å²) in [5.74, 6) is -0.245. The van der Waals surface area contributed by atoms with Crippen LogP contribution < -0.4 is 5.32 Å². The molecule has 554 valence electrons. The summed E-state index contributed by atoms with van der Waals surface area (Å²) >= 11 is 0. The number of hydrogen-bond acceptors (Lipinski definition) is 13. The molecule has 0 radical (unpaired) electrons. The van der Waals surface area contributed by atoms with Crippen molar-refractivity contribution in [2.24, 2.45) is 0 Å². The van der Waals surface area contributed by atoms with Gasteiger partial charge in [-0.3, -0.25) is 4.79 Å². The van der Waals surface area contributed by atoms with E-state index in [1.54, 1.807) is 6.08 Å². The first-order chi connectivity index (χ1) is 46.1. The monoisotopic (exact) mass is 1330 g/mol. The summed E-state index contributed by atoms with van der Waals surface area (Å²) in [7, 11) is 0. The lowest BCUT2D eigenvalue weighted by Crippen LogP contribution is -2.65. The fourth-order valence-corrected chi connectivity index (χ4v) is 13.4. The number of amides is 1. The summed E-state index contributed by atoms with van der Waals surface area (Å²) in [4.78, 5) is 13.4. The smallest absolute Gasteiger partial charge is 0.220 e. The SMILES string of the molecule is CCCCCCCCCCCCCCCCC/C=C/CC/C=C/CC/C=C/C(O)C(COC1OC(CO)C(OC2OC(CO)C(O)C(O)C2O)C(O)C1O)NC(=O)CCCCCCCCCCCCCCCCCCCCCCCCCCCCCCCCCCCCC. The highest BCUT2D eigenvalue weighted by molar-refractivity contribution is 5.76. The fraction of sp³-hybridized carbons (Fsp3) is 0.912. The zero-order chi connectivity index (χ0) is 68.0. The van der Waals surface area contributed by atoms with Crippen LogP contribution in [0.25, 0.3) is 0 Å². The number of carbonyl (C=O) groups excluding carboxylic acids is 1. The second kappa shape index (κ2) is 64.6. The Morgan fingerprint density at radius 1 is 0.372 bits per heavy atom. The lowest BCUT2D eigenvalue weighted by Gasteiger charge is -2.46. The van der Waals surface area contributed by atoms with Crippen LogP contribution in [0.1, 0.15) is 373 Å². The third-order valence-corrected chi connectivity index (χ3v) is 19.8. The van der Waals surface area contributed by atoms with E-state index in [-0.39, 0.29) is 18.9 Å². The minimum absolute atomic E-state index is 0.245. The molecular weight excluding hydrogens is 1180 g/mol. The standard InChI is InChI=1S/C80H151NO13/c1-3-5-7-9-11-13-15-17-19-21-23-25-27-29-30-31-32-33-34-35-36-37-38-40-42-44-46-48-50-52-54-56-58-60-62-64-72(85)81-68(67-91-79-77(90)75(88)78(71(66-83)93-79)94-80-76(89)74(87)73(86)70(65-82)92-80)69(84)63-61-59-57-55-53-51-49-47-45-43-41-39-28-26-24-22-20-18-16-14-12-10-8-6-4-2/h45,47,53,55,61,63,68-71,73-80,82-84,86-90H,3-44,46,48-52,54,56-60,62,64-67H2,1-2H3,(H,81,85)/b47-45+,55-53+,63-61+. The molecule has 9 N–H and O–H groups in total. The van der Waals surface area contributed by atoms with Gasteiger partial charge in [-0.15, -0.1) is 0 Å². The van der Waals surface area contributed by atoms with Crippen molar-refractivity contribution in [3.05, 3.63) is 36.5 Å². The Hall–Kier alpha value is -1.79. The summed E-state index contributed by atoms with van der Waals surface area (Å²) < 4.78 is 22.9. The van der Waals surface area contributed by atoms with Crippen molar-refractivity contribution in [2.75, 3.05) is 19.8 Å². The number of ether oxygens (including phenoxy) is 4. The molecule has 14 heteroatoms. The van der Waals surface area contributed by atoms with Gasteiger partial charge < -0.3 is 65.1 Å². The predicted molar refractivity (Wildman–Crippen MR) is 388 cm³/mol. The average molecular weight is 1340 g/mol. The normalized spacial score (nSPS) is 22.6. The first-order valence-electron chi connectivity index (χ1n) is 40.2. The lowest BCUT2D eigenvalue weighted by molar-refractivity contribution is -0.359. The number of nitrogens with one attached hydrogen (secondary N) is 1. The molecule has 2 rings (SSSR count). The summed E-state index contributed by atoms with van der Waals surface area (Å²) in [6.45, 7) is 2.84. The summed E-state index contributed by atoms with van der Waals surface area (Å²) in [6, 6.07) is -0.938. The maximum absolute atomic E-state index is 13.4. The van der Waals surface area contributed by atoms with Gasteiger partial charge in [0, 0.05) is 6.42 Å². The van der Waals surface area contributed by atoms with Crippen molar-refractivity contribution in [2.45, 2.75) is 447 Å². The molecule has 0 aliphatic carbocycles. The Labute approximate surface area is 576 Å². The third-order valence-electron chi connectivity index (χ3n) is 19.8. The van der Waals surface area contributed by atoms with Gasteiger partial charge in [-0.25, -0.2) is 0 Å². The van der Waals surface area contributed by atoms with Gasteiger partial charge in [0.2, 0.25) is 5.91 Å². The van der Waals surface area contributed by atoms with Gasteiger partial charge in [-0.05, 0) is 44.9 Å². The van der Waals surface area contributed by atoms with E-state index >= 15 is 0 Å². The predicted octanol–water partition coefficient (Wildman–Crippen LogP) is 18.0. The first-order valence-corrected chi connectivity index (χ1v) is 40.2. The van der Waals surface area contributed by atoms with Gasteiger partial charge in [-0.1, -0.05) is 359 Å². The van der Waals surface area contributed by atoms with Crippen LogP contribution in [0.5, 0.6) is 0 Å². The van der Waals surface area contributed by atoms with Gasteiger partial charge in [0.1, 0.15) is 48.8 Å². The number of rotatable bonds is 68. The molecule has 0 bridgehead atoms. The molecule has 0 aromatic carbocycles. The van der Waals surface area contributed by atoms with Gasteiger partial charge in [0.25, 0.3) is 0 Å². The van der Waals surface area contributed by atoms with Crippen molar-refractivity contribution < 1.29 is 64.6 Å². The van der Waals surface area contributed by atoms with Gasteiger partial charge in [-0.2, -0.15) is 0 Å². The molecule has 0 spiro atoms. The summed E-state index contributed by atoms with van der Waals surface area (Å²) in [6.07, 6.45) is 68.2. The Morgan fingerprint density at radius 2 is 0.681 bits per heavy atom. The maximum atomic E-state index is 13.4. The largest absolute Gasteiger partial charge is 0.394 e. The van der Waals surface area contributed by atoms with Crippen LogP contribution in [0.3, 0.4) is 0 Å². The number of hydrogen-bond donors (Lipinski definition) is 9. The summed E-state index contributed by atoms with van der Waals surface area (Å²) in [5, 5.41) is 87.6. The van der Waals surface area contributed by atoms with E-state index in [1.807, 2.05) is 6.08 Å². The Morgan fingerprint density at radius 3 is 1.04 bits per heavy atom. The Balaban J connectivity index is 1.61. The third kappa shape index (κ3) is 47.3. The highest BCUT2D eigenvalue weighted by Gasteiger charge is 2.51. The van der Waals surface area contributed by atoms with E-state index in [4.69, 9.17) is 18.9 Å². The Bertz CT molecular complexity index is 1720. The molecule has 2 aliphatic rings. The van der Waals surface area contributed by atoms with Crippen LogP contribution in [0.15, 0.2) is 36.5 Å². The van der Waals surface area contributed by atoms with Crippen LogP contribution in [-0.2, 0) is 23.7 Å². The lowest BCUT2D eigenvalue weighted by atomic mass is 9.97. The molecule has 2 aliphatic heterocycles. The van der Waals surface area contributed by atoms with E-state index in [0.29, 0.717) is 12.8 Å². The minimum Gasteiger partial charge on any atom is -0.394 e. The van der Waals surface area contributed by atoms with Crippen molar-refractivity contribution in [3.8, 4) is 0 Å². The highest BCUT2D eigenvalue weighted by atomic mass is 16.7. The van der Waals surface area contributed by atoms with Crippen molar-refractivity contribution >= 4 is 5.91 Å². The quantitative estimate of drug-likeness (QED) is 0.0204. The zero-order valence-electron chi connectivity index (χ0n) is 60.7. The molecular formula is C80H151NO13. The second-order valence-corrected chi connectivity index (χ2v) is 28.5. The number of aliphatic hydroxyl groups excluding tert-OH is 8. The van der Waals surface area contributed by atoms with Crippen LogP contribution in [0.2, 0.25) is 0 Å². The average Bonchev–Trinajstić information content (AvgIpc) is 0.794. The molecule has 12 atom stereocenters. The minimum atomic E-state index is -1.79. The van der Waals surface area contributed by atoms with Crippen LogP contribution in [-0.4, -0.2) is 140 Å². The molecule has 2 fully saturated rings. The molecule has 94 heavy (non-hydrogen) atoms. The molecule has 12 unspecified atom stereocenters. The van der Waals surface area contributed by atoms with Crippen LogP contribution in [0, 0.1) is 0 Å². The molecule has 0 saturated carbocycles. The van der Waals surface area contributed by atoms with E-state index in [9.17, 15) is 45.6 Å². The number of aliphatic hydroxyl groups is 8. The molecule has 2 saturated heterocycles. The molecule has 0 aromatic heterocycles. The zero-order valence-corrected chi connectivity index (χ0v) is 60.7. The van der Waals surface area contributed by atoms with Gasteiger partial charge >= 0.3 is 0 Å². The number of carbonyl (C=O) groups is 1. The highest BCUT2D eigenvalue weighted by Crippen LogP contribution is 2.30. The van der Waals surface area contributed by atoms with Crippen molar-refractivity contribution in [3.63, 3.8) is 0 Å². The van der Waals surface area contributed by atoms with Crippen molar-refractivity contribution in [1.29, 1.82) is 0 Å². The van der Waals surface area contributed by atoms with Crippen molar-refractivity contribution in [1.82, 2.24) is 5.32 Å². The van der Waals surface area contributed by atoms with E-state index < -0.39 is 86.8 Å². The van der Waals surface area contributed by atoms with Gasteiger partial charge in [0.15, 0.2) is 12.6 Å². The molecule has 1 amide bonds. The topological polar surface area (TPSA) is 228 Å². The number of allylic oxidation sites excluding steroid dienone is 5.